The van der Waals surface area contributed by atoms with Crippen molar-refractivity contribution in [3.63, 3.8) is 0 Å². The lowest BCUT2D eigenvalue weighted by atomic mass is 9.95. The van der Waals surface area contributed by atoms with Crippen LogP contribution in [-0.2, 0) is 11.0 Å². The largest absolute Gasteiger partial charge is 0.461 e. The maximum absolute atomic E-state index is 14.8. The standard InChI is InChI=1S/C30H36F2N8O2S2/c1-2-9-40-23(20-6-7-21(32)25-24(20)36-28(33)43-25)11-22-26(44(40)41)27(38-14-18-4-5-19(15-38)34-18)37-29(35-22)42-16-30-8-3-10-39(30)13-17(31)12-30/h6-7,11,17-19,34H,2-5,8-10,12-16H2,1H3,(H2,33,36)/t17?,18?,19?,30-,44?/m0/s1. The number of anilines is 2. The molecule has 5 aliphatic rings. The van der Waals surface area contributed by atoms with Crippen LogP contribution >= 0.6 is 11.3 Å². The van der Waals surface area contributed by atoms with Crippen molar-refractivity contribution in [1.29, 1.82) is 0 Å². The Labute approximate surface area is 261 Å². The third-order valence-corrected chi connectivity index (χ3v) is 12.1. The molecule has 3 N–H and O–H groups in total. The summed E-state index contributed by atoms with van der Waals surface area (Å²) in [5, 5.41) is 3.93. The van der Waals surface area contributed by atoms with Gasteiger partial charge in [0.05, 0.1) is 27.1 Å². The molecule has 7 heterocycles. The van der Waals surface area contributed by atoms with Gasteiger partial charge in [-0.3, -0.25) is 9.21 Å². The lowest BCUT2D eigenvalue weighted by Gasteiger charge is -2.37. The number of fused-ring (bicyclic) bond motifs is 5. The van der Waals surface area contributed by atoms with Crippen molar-refractivity contribution >= 4 is 55.3 Å². The van der Waals surface area contributed by atoms with Crippen LogP contribution in [0.4, 0.5) is 19.7 Å². The molecular weight excluding hydrogens is 607 g/mol. The molecule has 0 spiro atoms. The Bertz CT molecular complexity index is 1670. The van der Waals surface area contributed by atoms with Gasteiger partial charge in [-0.15, -0.1) is 0 Å². The highest BCUT2D eigenvalue weighted by atomic mass is 32.2. The number of nitrogens with two attached hydrogens (primary N) is 1. The summed E-state index contributed by atoms with van der Waals surface area (Å²) in [7, 11) is -1.65. The first kappa shape index (κ1) is 28.5. The third kappa shape index (κ3) is 4.67. The Morgan fingerprint density at radius 1 is 1.20 bits per heavy atom. The van der Waals surface area contributed by atoms with Crippen LogP contribution in [0.15, 0.2) is 17.0 Å². The van der Waals surface area contributed by atoms with Gasteiger partial charge < -0.3 is 20.7 Å². The summed E-state index contributed by atoms with van der Waals surface area (Å²) in [6.07, 6.45) is 6.30. The van der Waals surface area contributed by atoms with Crippen LogP contribution in [0.5, 0.6) is 6.01 Å². The number of nitrogen functional groups attached to an aromatic ring is 1. The fourth-order valence-corrected chi connectivity index (χ4v) is 10.1. The zero-order chi connectivity index (χ0) is 30.2. The van der Waals surface area contributed by atoms with Gasteiger partial charge in [-0.25, -0.2) is 18.0 Å². The first-order valence-electron chi connectivity index (χ1n) is 15.5. The number of halogens is 2. The van der Waals surface area contributed by atoms with Crippen molar-refractivity contribution in [1.82, 2.24) is 29.5 Å². The van der Waals surface area contributed by atoms with Gasteiger partial charge in [0.1, 0.15) is 23.5 Å². The molecule has 2 aromatic heterocycles. The number of thiazole rings is 1. The van der Waals surface area contributed by atoms with E-state index in [0.29, 0.717) is 76.1 Å². The first-order chi connectivity index (χ1) is 21.3. The molecule has 2 bridgehead atoms. The second-order valence-electron chi connectivity index (χ2n) is 12.7. The summed E-state index contributed by atoms with van der Waals surface area (Å²) < 4.78 is 52.4. The molecule has 44 heavy (non-hydrogen) atoms. The highest BCUT2D eigenvalue weighted by Gasteiger charge is 2.49. The van der Waals surface area contributed by atoms with Crippen molar-refractivity contribution in [3.05, 3.63) is 29.2 Å². The van der Waals surface area contributed by atoms with E-state index in [-0.39, 0.29) is 16.7 Å². The maximum atomic E-state index is 14.8. The average Bonchev–Trinajstić information content (AvgIpc) is 3.75. The second-order valence-corrected chi connectivity index (χ2v) is 15.0. The number of hydrogen-bond acceptors (Lipinski definition) is 10. The molecule has 8 rings (SSSR count). The monoisotopic (exact) mass is 642 g/mol. The van der Waals surface area contributed by atoms with Gasteiger partial charge in [-0.1, -0.05) is 18.3 Å². The fourth-order valence-electron chi connectivity index (χ4n) is 7.81. The van der Waals surface area contributed by atoms with E-state index in [1.165, 1.54) is 6.07 Å². The zero-order valence-corrected chi connectivity index (χ0v) is 26.2. The molecule has 0 amide bonds. The van der Waals surface area contributed by atoms with Crippen LogP contribution in [0.2, 0.25) is 0 Å². The Morgan fingerprint density at radius 3 is 2.82 bits per heavy atom. The predicted molar refractivity (Wildman–Crippen MR) is 168 cm³/mol. The molecule has 4 saturated heterocycles. The number of nitrogens with one attached hydrogen (secondary N) is 1. The van der Waals surface area contributed by atoms with E-state index in [1.807, 2.05) is 17.3 Å². The van der Waals surface area contributed by atoms with E-state index >= 15 is 0 Å². The summed E-state index contributed by atoms with van der Waals surface area (Å²) in [5.74, 6) is 0.227. The van der Waals surface area contributed by atoms with E-state index in [2.05, 4.69) is 20.1 Å². The molecule has 1 aromatic carbocycles. The van der Waals surface area contributed by atoms with E-state index < -0.39 is 23.0 Å². The lowest BCUT2D eigenvalue weighted by molar-refractivity contribution is 0.107. The Balaban J connectivity index is 1.25. The Morgan fingerprint density at radius 2 is 2.02 bits per heavy atom. The van der Waals surface area contributed by atoms with Crippen LogP contribution in [0.25, 0.3) is 22.0 Å². The van der Waals surface area contributed by atoms with Gasteiger partial charge in [0.25, 0.3) is 0 Å². The van der Waals surface area contributed by atoms with Crippen LogP contribution in [0.1, 0.15) is 56.7 Å². The smallest absolute Gasteiger partial charge is 0.319 e. The van der Waals surface area contributed by atoms with Crippen molar-refractivity contribution in [2.75, 3.05) is 50.0 Å². The first-order valence-corrected chi connectivity index (χ1v) is 17.4. The molecule has 14 heteroatoms. The summed E-state index contributed by atoms with van der Waals surface area (Å²) in [6.45, 7) is 5.65. The molecule has 5 aliphatic heterocycles. The number of alkyl halides is 1. The van der Waals surface area contributed by atoms with Crippen LogP contribution < -0.4 is 20.7 Å². The summed E-state index contributed by atoms with van der Waals surface area (Å²) in [4.78, 5) is 19.2. The number of nitrogens with zero attached hydrogens (tertiary/aromatic N) is 6. The van der Waals surface area contributed by atoms with E-state index in [4.69, 9.17) is 20.4 Å². The summed E-state index contributed by atoms with van der Waals surface area (Å²) in [6, 6.07) is 3.95. The average molecular weight is 643 g/mol. The number of ether oxygens (including phenoxy) is 1. The van der Waals surface area contributed by atoms with Gasteiger partial charge in [0.2, 0.25) is 0 Å². The van der Waals surface area contributed by atoms with Gasteiger partial charge in [-0.2, -0.15) is 9.97 Å². The molecule has 5 atom stereocenters. The third-order valence-electron chi connectivity index (χ3n) is 9.73. The summed E-state index contributed by atoms with van der Waals surface area (Å²) >= 11 is 1.09. The maximum Gasteiger partial charge on any atom is 0.319 e. The van der Waals surface area contributed by atoms with Gasteiger partial charge in [0.15, 0.2) is 21.9 Å². The van der Waals surface area contributed by atoms with Crippen molar-refractivity contribution in [3.8, 4) is 6.01 Å². The molecule has 4 fully saturated rings. The predicted octanol–water partition coefficient (Wildman–Crippen LogP) is 3.95. The van der Waals surface area contributed by atoms with Crippen molar-refractivity contribution in [2.45, 2.75) is 74.1 Å². The minimum Gasteiger partial charge on any atom is -0.461 e. The highest BCUT2D eigenvalue weighted by Crippen LogP contribution is 2.43. The molecule has 3 aromatic rings. The Hall–Kier alpha value is -2.94. The quantitative estimate of drug-likeness (QED) is 0.396. The highest BCUT2D eigenvalue weighted by molar-refractivity contribution is 7.83. The van der Waals surface area contributed by atoms with Crippen molar-refractivity contribution < 1.29 is 17.7 Å². The van der Waals surface area contributed by atoms with E-state index in [9.17, 15) is 13.0 Å². The van der Waals surface area contributed by atoms with Crippen molar-refractivity contribution in [2.24, 2.45) is 0 Å². The molecule has 10 nitrogen and oxygen atoms in total. The number of aromatic nitrogens is 3. The SMILES string of the molecule is CCCN1C(c2ccc(F)c3sc(N)nc23)=Cc2nc(OC[C@@]34CCCN3CC(F)C4)nc(N3CC4CCC(C3)N4)c2S1=O. The molecule has 234 valence electrons. The van der Waals surface area contributed by atoms with E-state index in [0.717, 1.165) is 63.1 Å². The number of piperazine rings is 1. The molecule has 0 radical (unpaired) electrons. The van der Waals surface area contributed by atoms with Gasteiger partial charge >= 0.3 is 6.01 Å². The van der Waals surface area contributed by atoms with Crippen LogP contribution in [-0.4, -0.2) is 91.5 Å². The Kier molecular flexibility index (Phi) is 7.03. The second kappa shape index (κ2) is 10.8. The molecule has 0 saturated carbocycles. The lowest BCUT2D eigenvalue weighted by Crippen LogP contribution is -2.52. The van der Waals surface area contributed by atoms with Crippen LogP contribution in [0.3, 0.4) is 0 Å². The van der Waals surface area contributed by atoms with Crippen LogP contribution in [0, 0.1) is 5.82 Å². The minimum atomic E-state index is -1.65. The topological polar surface area (TPSA) is 113 Å². The normalized spacial score (nSPS) is 29.8. The number of hydrogen-bond donors (Lipinski definition) is 2. The van der Waals surface area contributed by atoms with Gasteiger partial charge in [0, 0.05) is 50.2 Å². The molecular formula is C30H36F2N8O2S2. The zero-order valence-electron chi connectivity index (χ0n) is 24.6. The minimum absolute atomic E-state index is 0.201. The van der Waals surface area contributed by atoms with Gasteiger partial charge in [-0.05, 0) is 56.9 Å². The summed E-state index contributed by atoms with van der Waals surface area (Å²) in [5.41, 5.74) is 7.89. The number of rotatable bonds is 7. The molecule has 0 aliphatic carbocycles. The van der Waals surface area contributed by atoms with E-state index in [1.54, 1.807) is 6.07 Å². The fraction of sp³-hybridized carbons (Fsp3) is 0.567. The number of benzene rings is 1. The molecule has 4 unspecified atom stereocenters.